The summed E-state index contributed by atoms with van der Waals surface area (Å²) in [6.45, 7) is 9.90. The standard InChI is InChI=1S/C94H64N6O2Si2/c1-103(2)80-43-19-17-35-70(80)84-75(54-66(56-82(84)103)57-25-9-5-10-26-57)94-98-90(62-31-15-8-16-32-62)95-91(100-94)72-38-23-40-76-83(72)69-50-49-65(55-79(69)102-76)64-34-21-33-63(53-64)58-45-47-60(48-46-58)68-51-52-74(85-71-36-18-20-44-81(71)104(3,4)88(68)85)93-97-89(61-29-13-7-14-30-61)96-92(99-93)73-39-24-42-78-87(73)86-67(37-22-41-77(86)101-78)59-27-11-6-12-28-59/h5-56H,1-4H3. The minimum atomic E-state index is -2.36. The molecule has 0 unspecified atom stereocenters. The van der Waals surface area contributed by atoms with Gasteiger partial charge in [0, 0.05) is 54.9 Å². The smallest absolute Gasteiger partial charge is 0.164 e. The van der Waals surface area contributed by atoms with Gasteiger partial charge in [-0.15, -0.1) is 0 Å². The molecule has 0 bridgehead atoms. The zero-order valence-corrected chi connectivity index (χ0v) is 59.5. The van der Waals surface area contributed by atoms with E-state index < -0.39 is 16.1 Å². The van der Waals surface area contributed by atoms with Gasteiger partial charge in [0.15, 0.2) is 34.9 Å². The maximum absolute atomic E-state index is 6.87. The molecule has 0 atom stereocenters. The molecule has 18 aromatic rings. The first kappa shape index (κ1) is 61.0. The van der Waals surface area contributed by atoms with E-state index in [-0.39, 0.29) is 0 Å². The number of furan rings is 2. The number of benzene rings is 14. The van der Waals surface area contributed by atoms with Gasteiger partial charge in [-0.25, -0.2) is 29.9 Å². The summed E-state index contributed by atoms with van der Waals surface area (Å²) in [5.41, 5.74) is 24.9. The molecule has 0 fully saturated rings. The molecule has 104 heavy (non-hydrogen) atoms. The Morgan fingerprint density at radius 1 is 0.212 bits per heavy atom. The molecule has 10 heteroatoms. The number of nitrogens with zero attached hydrogens (tertiary/aromatic N) is 6. The maximum Gasteiger partial charge on any atom is 0.164 e. The molecule has 0 spiro atoms. The normalized spacial score (nSPS) is 13.2. The van der Waals surface area contributed by atoms with Gasteiger partial charge < -0.3 is 8.83 Å². The topological polar surface area (TPSA) is 104 Å². The van der Waals surface area contributed by atoms with Crippen LogP contribution in [0.1, 0.15) is 0 Å². The average Bonchev–Trinajstić information content (AvgIpc) is 1.55. The van der Waals surface area contributed by atoms with Crippen LogP contribution in [0.3, 0.4) is 0 Å². The molecule has 0 saturated heterocycles. The van der Waals surface area contributed by atoms with Crippen LogP contribution in [0.2, 0.25) is 26.2 Å². The van der Waals surface area contributed by atoms with Gasteiger partial charge in [0.1, 0.15) is 38.5 Å². The molecule has 0 saturated carbocycles. The fourth-order valence-corrected chi connectivity index (χ4v) is 23.2. The third-order valence-corrected chi connectivity index (χ3v) is 28.7. The van der Waals surface area contributed by atoms with Gasteiger partial charge in [0.25, 0.3) is 0 Å². The van der Waals surface area contributed by atoms with Crippen molar-refractivity contribution in [3.05, 3.63) is 315 Å². The van der Waals surface area contributed by atoms with Crippen molar-refractivity contribution in [1.29, 1.82) is 0 Å². The lowest BCUT2D eigenvalue weighted by molar-refractivity contribution is 0.668. The highest BCUT2D eigenvalue weighted by Crippen LogP contribution is 2.46. The molecule has 490 valence electrons. The Morgan fingerprint density at radius 2 is 0.606 bits per heavy atom. The van der Waals surface area contributed by atoms with Gasteiger partial charge in [-0.2, -0.15) is 0 Å². The fraction of sp³-hybridized carbons (Fsp3) is 0.0426. The minimum absolute atomic E-state index is 0.584. The molecular weight excluding hydrogens is 1300 g/mol. The molecule has 2 aliphatic rings. The van der Waals surface area contributed by atoms with Gasteiger partial charge >= 0.3 is 0 Å². The molecule has 14 aromatic carbocycles. The third-order valence-electron chi connectivity index (χ3n) is 21.6. The molecule has 0 amide bonds. The van der Waals surface area contributed by atoms with Crippen molar-refractivity contribution in [2.24, 2.45) is 0 Å². The van der Waals surface area contributed by atoms with Gasteiger partial charge in [0.05, 0.1) is 0 Å². The fourth-order valence-electron chi connectivity index (χ4n) is 16.6. The lowest BCUT2D eigenvalue weighted by Crippen LogP contribution is -2.50. The van der Waals surface area contributed by atoms with E-state index in [1.807, 2.05) is 66.7 Å². The van der Waals surface area contributed by atoms with Crippen LogP contribution in [0.25, 0.3) is 190 Å². The van der Waals surface area contributed by atoms with Crippen LogP contribution in [0, 0.1) is 0 Å². The highest BCUT2D eigenvalue weighted by Gasteiger charge is 2.42. The zero-order chi connectivity index (χ0) is 69.4. The molecular formula is C94H64N6O2Si2. The number of fused-ring (bicyclic) bond motifs is 12. The molecule has 4 aromatic heterocycles. The van der Waals surface area contributed by atoms with Crippen LogP contribution in [0.15, 0.2) is 324 Å². The zero-order valence-electron chi connectivity index (χ0n) is 57.5. The van der Waals surface area contributed by atoms with E-state index in [1.165, 1.54) is 48.6 Å². The van der Waals surface area contributed by atoms with Crippen LogP contribution in [-0.4, -0.2) is 46.1 Å². The second-order valence-electron chi connectivity index (χ2n) is 28.4. The van der Waals surface area contributed by atoms with E-state index in [0.717, 1.165) is 127 Å². The molecule has 6 heterocycles. The summed E-state index contributed by atoms with van der Waals surface area (Å²) in [5.74, 6) is 3.65. The Labute approximate surface area is 603 Å². The first-order valence-corrected chi connectivity index (χ1v) is 41.5. The summed E-state index contributed by atoms with van der Waals surface area (Å²) in [4.78, 5) is 32.5. The number of hydrogen-bond donors (Lipinski definition) is 0. The van der Waals surface area contributed by atoms with E-state index in [0.29, 0.717) is 34.9 Å². The Bertz CT molecular complexity index is 6530. The van der Waals surface area contributed by atoms with Crippen LogP contribution in [-0.2, 0) is 0 Å². The van der Waals surface area contributed by atoms with Crippen LogP contribution < -0.4 is 20.7 Å². The Balaban J connectivity index is 0.663. The van der Waals surface area contributed by atoms with Crippen molar-refractivity contribution in [2.45, 2.75) is 26.2 Å². The molecule has 8 nitrogen and oxygen atoms in total. The van der Waals surface area contributed by atoms with E-state index in [9.17, 15) is 0 Å². The van der Waals surface area contributed by atoms with Crippen LogP contribution in [0.4, 0.5) is 0 Å². The first-order chi connectivity index (χ1) is 51.1. The quantitative estimate of drug-likeness (QED) is 0.118. The van der Waals surface area contributed by atoms with E-state index in [4.69, 9.17) is 38.7 Å². The first-order valence-electron chi connectivity index (χ1n) is 35.5. The molecule has 0 N–H and O–H groups in total. The summed E-state index contributed by atoms with van der Waals surface area (Å²) >= 11 is 0. The van der Waals surface area contributed by atoms with Crippen molar-refractivity contribution in [1.82, 2.24) is 29.9 Å². The van der Waals surface area contributed by atoms with Gasteiger partial charge in [0.2, 0.25) is 0 Å². The molecule has 0 aliphatic carbocycles. The number of aromatic nitrogens is 6. The minimum Gasteiger partial charge on any atom is -0.456 e. The van der Waals surface area contributed by atoms with Crippen molar-refractivity contribution >= 4 is 80.8 Å². The molecule has 0 radical (unpaired) electrons. The monoisotopic (exact) mass is 1360 g/mol. The summed E-state index contributed by atoms with van der Waals surface area (Å²) in [7, 11) is -4.49. The molecule has 20 rings (SSSR count). The van der Waals surface area contributed by atoms with Crippen molar-refractivity contribution in [3.63, 3.8) is 0 Å². The van der Waals surface area contributed by atoms with Crippen LogP contribution >= 0.6 is 0 Å². The average molecular weight is 1370 g/mol. The van der Waals surface area contributed by atoms with Crippen molar-refractivity contribution in [3.8, 4) is 146 Å². The summed E-state index contributed by atoms with van der Waals surface area (Å²) in [6.07, 6.45) is 0. The van der Waals surface area contributed by atoms with E-state index in [2.05, 4.69) is 275 Å². The summed E-state index contributed by atoms with van der Waals surface area (Å²) in [5, 5.41) is 9.53. The third kappa shape index (κ3) is 9.85. The van der Waals surface area contributed by atoms with Crippen LogP contribution in [0.5, 0.6) is 0 Å². The summed E-state index contributed by atoms with van der Waals surface area (Å²) < 4.78 is 13.5. The second-order valence-corrected chi connectivity index (χ2v) is 37.0. The highest BCUT2D eigenvalue weighted by molar-refractivity contribution is 7.05. The number of rotatable bonds is 11. The van der Waals surface area contributed by atoms with Gasteiger partial charge in [-0.1, -0.05) is 293 Å². The van der Waals surface area contributed by atoms with Gasteiger partial charge in [-0.3, -0.25) is 0 Å². The van der Waals surface area contributed by atoms with E-state index in [1.54, 1.807) is 0 Å². The predicted octanol–water partition coefficient (Wildman–Crippen LogP) is 21.8. The lowest BCUT2D eigenvalue weighted by atomic mass is 9.92. The van der Waals surface area contributed by atoms with Crippen molar-refractivity contribution < 1.29 is 8.83 Å². The number of hydrogen-bond acceptors (Lipinski definition) is 8. The SMILES string of the molecule is C[Si]1(C)c2ccccc2-c2c(-c3nc(-c4ccccc4)nc(-c4cccc5oc6cc(-c7cccc(-c8ccc(-c9ccc(-c%10nc(-c%11ccccc%11)nc(-c%11cccc%12oc%13cccc(-c%14ccccc%14)c%13c%11%12)n%10)c%10c9[Si](C)(C)c9ccccc9-%10)cc8)c7)ccc6c45)n3)cc(-c3ccccc3)cc21. The van der Waals surface area contributed by atoms with Crippen molar-refractivity contribution in [2.75, 3.05) is 0 Å². The molecule has 2 aliphatic heterocycles. The highest BCUT2D eigenvalue weighted by atomic mass is 28.3. The maximum atomic E-state index is 6.87. The Hall–Kier alpha value is -12.9. The second kappa shape index (κ2) is 23.9. The predicted molar refractivity (Wildman–Crippen MR) is 432 cm³/mol. The largest absolute Gasteiger partial charge is 0.456 e. The Morgan fingerprint density at radius 3 is 1.23 bits per heavy atom. The Kier molecular flexibility index (Phi) is 14.0. The van der Waals surface area contributed by atoms with E-state index >= 15 is 0 Å². The lowest BCUT2D eigenvalue weighted by Gasteiger charge is -2.23. The van der Waals surface area contributed by atoms with Gasteiger partial charge in [-0.05, 0) is 147 Å². The summed E-state index contributed by atoms with van der Waals surface area (Å²) in [6, 6.07) is 112.